The molecule has 5 aliphatic rings. The summed E-state index contributed by atoms with van der Waals surface area (Å²) in [6.45, 7) is 4.85. The highest BCUT2D eigenvalue weighted by atomic mass is 19.4. The van der Waals surface area contributed by atoms with Crippen LogP contribution in [0.3, 0.4) is 0 Å². The number of hydrogen-bond donors (Lipinski definition) is 1. The second-order valence-corrected chi connectivity index (χ2v) is 14.3. The van der Waals surface area contributed by atoms with Crippen LogP contribution in [-0.2, 0) is 28.7 Å². The number of amides is 1. The molecule has 1 aliphatic heterocycles. The molecule has 1 amide bonds. The maximum Gasteiger partial charge on any atom is 0.426 e. The molecule has 3 saturated carbocycles. The Labute approximate surface area is 244 Å². The van der Waals surface area contributed by atoms with E-state index >= 15 is 0 Å². The first-order chi connectivity index (χ1) is 19.5. The minimum Gasteiger partial charge on any atom is -0.390 e. The van der Waals surface area contributed by atoms with Gasteiger partial charge >= 0.3 is 6.18 Å². The van der Waals surface area contributed by atoms with Crippen molar-refractivity contribution in [2.24, 2.45) is 10.8 Å². The number of hydrogen-bond acceptors (Lipinski definition) is 2. The number of fused-ring (bicyclic) bond motifs is 6. The fourth-order valence-electron chi connectivity index (χ4n) is 8.96. The van der Waals surface area contributed by atoms with E-state index in [-0.39, 0.29) is 23.2 Å². The third kappa shape index (κ3) is 4.33. The third-order valence-electron chi connectivity index (χ3n) is 11.9. The fraction of sp³-hybridized carbons (Fsp3) is 0.618. The first-order valence-electron chi connectivity index (χ1n) is 15.2. The summed E-state index contributed by atoms with van der Waals surface area (Å²) < 4.78 is 69.5. The van der Waals surface area contributed by atoms with E-state index in [2.05, 4.69) is 0 Å². The van der Waals surface area contributed by atoms with Crippen molar-refractivity contribution in [1.82, 2.24) is 4.90 Å². The summed E-state index contributed by atoms with van der Waals surface area (Å²) in [7, 11) is 0. The summed E-state index contributed by atoms with van der Waals surface area (Å²) in [5.41, 5.74) is -3.41. The highest BCUT2D eigenvalue weighted by Gasteiger charge is 2.61. The highest BCUT2D eigenvalue weighted by molar-refractivity contribution is 5.84. The van der Waals surface area contributed by atoms with Gasteiger partial charge in [0.2, 0.25) is 11.6 Å². The quantitative estimate of drug-likeness (QED) is 0.363. The normalized spacial score (nSPS) is 32.3. The van der Waals surface area contributed by atoms with Gasteiger partial charge < -0.3 is 10.0 Å². The Morgan fingerprint density at radius 2 is 1.55 bits per heavy atom. The van der Waals surface area contributed by atoms with E-state index in [1.165, 1.54) is 24.3 Å². The van der Waals surface area contributed by atoms with Crippen molar-refractivity contribution in [3.8, 4) is 0 Å². The van der Waals surface area contributed by atoms with Crippen LogP contribution >= 0.6 is 0 Å². The zero-order valence-corrected chi connectivity index (χ0v) is 24.6. The number of alkyl halides is 4. The van der Waals surface area contributed by atoms with Crippen LogP contribution in [0.4, 0.5) is 22.0 Å². The Bertz CT molecular complexity index is 1350. The molecule has 4 aliphatic carbocycles. The van der Waals surface area contributed by atoms with Gasteiger partial charge in [-0.3, -0.25) is 4.79 Å². The van der Waals surface area contributed by atoms with Gasteiger partial charge in [0.15, 0.2) is 0 Å². The van der Waals surface area contributed by atoms with Gasteiger partial charge in [0.1, 0.15) is 5.82 Å². The van der Waals surface area contributed by atoms with Crippen molar-refractivity contribution in [2.45, 2.75) is 114 Å². The molecule has 1 unspecified atom stereocenters. The van der Waals surface area contributed by atoms with Crippen LogP contribution in [0, 0.1) is 16.6 Å². The van der Waals surface area contributed by atoms with E-state index in [9.17, 15) is 31.9 Å². The average molecular weight is 590 g/mol. The van der Waals surface area contributed by atoms with Gasteiger partial charge in [-0.1, -0.05) is 30.3 Å². The van der Waals surface area contributed by atoms with Crippen LogP contribution in [0.5, 0.6) is 0 Å². The lowest BCUT2D eigenvalue weighted by Crippen LogP contribution is -2.59. The van der Waals surface area contributed by atoms with Crippen LogP contribution < -0.4 is 0 Å². The number of carbonyl (C=O) groups excluding carboxylic acids is 1. The molecule has 2 aromatic carbocycles. The van der Waals surface area contributed by atoms with Crippen molar-refractivity contribution in [2.75, 3.05) is 6.54 Å². The number of rotatable bonds is 5. The van der Waals surface area contributed by atoms with E-state index in [0.717, 1.165) is 49.7 Å². The zero-order valence-electron chi connectivity index (χ0n) is 24.6. The largest absolute Gasteiger partial charge is 0.426 e. The number of halogens is 5. The van der Waals surface area contributed by atoms with E-state index in [1.54, 1.807) is 18.2 Å². The summed E-state index contributed by atoms with van der Waals surface area (Å²) in [5, 5.41) is 10.9. The van der Waals surface area contributed by atoms with Crippen molar-refractivity contribution in [3.63, 3.8) is 0 Å². The topological polar surface area (TPSA) is 40.5 Å². The van der Waals surface area contributed by atoms with Crippen LogP contribution in [0.15, 0.2) is 42.5 Å². The van der Waals surface area contributed by atoms with Crippen LogP contribution in [0.25, 0.3) is 0 Å². The molecular weight excluding hydrogens is 549 g/mol. The van der Waals surface area contributed by atoms with Gasteiger partial charge in [-0.05, 0) is 125 Å². The zero-order chi connectivity index (χ0) is 30.3. The number of aliphatic hydroxyl groups is 1. The summed E-state index contributed by atoms with van der Waals surface area (Å²) in [6.07, 6.45) is 1.80. The second-order valence-electron chi connectivity index (χ2n) is 14.3. The number of likely N-dealkylation sites (tertiary alicyclic amines) is 1. The second kappa shape index (κ2) is 9.51. The highest BCUT2D eigenvalue weighted by Crippen LogP contribution is 2.62. The van der Waals surface area contributed by atoms with Crippen LogP contribution in [0.1, 0.15) is 94.4 Å². The van der Waals surface area contributed by atoms with E-state index in [1.807, 2.05) is 18.7 Å². The standard InChI is InChI=1S/C34H40F5NO2/c1-29(2,42)32-15-12-31(13-16-32,14-17-32)28(41)40-19-18-33(21-22-4-8-25(35)9-5-22)26-10-7-24(30(3,36)34(37,38)39)20-23(26)6-11-27(33)40/h4-5,7-10,20,27,42H,6,11-19,21H2,1-3H3/t27-,30?,31?,32?,33-/m1/s1. The Morgan fingerprint density at radius 1 is 0.929 bits per heavy atom. The Balaban J connectivity index is 1.36. The molecule has 2 bridgehead atoms. The van der Waals surface area contributed by atoms with Gasteiger partial charge in [0.25, 0.3) is 0 Å². The molecule has 7 rings (SSSR count). The van der Waals surface area contributed by atoms with E-state index in [4.69, 9.17) is 0 Å². The SMILES string of the molecule is CC(C)(O)C12CCC(C(=O)N3CC[C@@]4(Cc5ccc(F)cc5)c5ccc(C(C)(F)C(F)(F)F)cc5CC[C@@H]34)(CC1)CC2. The van der Waals surface area contributed by atoms with Crippen LogP contribution in [-0.4, -0.2) is 40.3 Å². The third-order valence-corrected chi connectivity index (χ3v) is 11.9. The van der Waals surface area contributed by atoms with Crippen molar-refractivity contribution >= 4 is 5.91 Å². The van der Waals surface area contributed by atoms with Gasteiger partial charge in [0.05, 0.1) is 5.60 Å². The number of aryl methyl sites for hydroxylation is 1. The predicted molar refractivity (Wildman–Crippen MR) is 150 cm³/mol. The van der Waals surface area contributed by atoms with Gasteiger partial charge in [0, 0.05) is 23.4 Å². The summed E-state index contributed by atoms with van der Waals surface area (Å²) in [6, 6.07) is 10.4. The summed E-state index contributed by atoms with van der Waals surface area (Å²) in [4.78, 5) is 16.5. The van der Waals surface area contributed by atoms with Crippen LogP contribution in [0.2, 0.25) is 0 Å². The first kappa shape index (κ1) is 29.6. The molecule has 3 atom stereocenters. The minimum atomic E-state index is -5.04. The molecule has 8 heteroatoms. The Morgan fingerprint density at radius 3 is 2.12 bits per heavy atom. The molecule has 1 saturated heterocycles. The number of nitrogens with zero attached hydrogens (tertiary/aromatic N) is 1. The monoisotopic (exact) mass is 589 g/mol. The Hall–Kier alpha value is -2.48. The molecule has 42 heavy (non-hydrogen) atoms. The maximum atomic E-state index is 15.0. The summed E-state index contributed by atoms with van der Waals surface area (Å²) >= 11 is 0. The molecule has 1 heterocycles. The average Bonchev–Trinajstić information content (AvgIpc) is 3.32. The maximum absolute atomic E-state index is 15.0. The minimum absolute atomic E-state index is 0.158. The van der Waals surface area contributed by atoms with Crippen molar-refractivity contribution in [3.05, 3.63) is 70.5 Å². The van der Waals surface area contributed by atoms with Gasteiger partial charge in [-0.2, -0.15) is 13.2 Å². The predicted octanol–water partition coefficient (Wildman–Crippen LogP) is 7.71. The first-order valence-corrected chi connectivity index (χ1v) is 15.2. The lowest BCUT2D eigenvalue weighted by atomic mass is 9.49. The molecule has 3 nitrogen and oxygen atoms in total. The van der Waals surface area contributed by atoms with Crippen molar-refractivity contribution in [1.29, 1.82) is 0 Å². The van der Waals surface area contributed by atoms with E-state index in [0.29, 0.717) is 44.7 Å². The smallest absolute Gasteiger partial charge is 0.390 e. The van der Waals surface area contributed by atoms with Gasteiger partial charge in [-0.25, -0.2) is 8.78 Å². The number of carbonyl (C=O) groups is 1. The molecule has 228 valence electrons. The Kier molecular flexibility index (Phi) is 6.70. The van der Waals surface area contributed by atoms with Gasteiger partial charge in [-0.15, -0.1) is 0 Å². The molecule has 2 aromatic rings. The number of benzene rings is 2. The van der Waals surface area contributed by atoms with E-state index < -0.39 is 33.8 Å². The molecular formula is C34H40F5NO2. The molecule has 1 N–H and O–H groups in total. The molecule has 0 aromatic heterocycles. The summed E-state index contributed by atoms with van der Waals surface area (Å²) in [5.74, 6) is -0.194. The lowest BCUT2D eigenvalue weighted by molar-refractivity contribution is -0.228. The molecule has 0 radical (unpaired) electrons. The molecule has 0 spiro atoms. The lowest BCUT2D eigenvalue weighted by Gasteiger charge is -2.58. The fourth-order valence-corrected chi connectivity index (χ4v) is 8.96. The van der Waals surface area contributed by atoms with Crippen molar-refractivity contribution < 1.29 is 31.9 Å². The molecule has 4 fully saturated rings.